The number of aliphatic imine (C=N–C) groups is 1. The maximum absolute atomic E-state index is 4.66. The standard InChI is InChI=1S/C17H24N4S/c1-4-18-17(20-13-16-9-6-10-22-16)19-12-14-7-5-8-15(11-14)21(2)3/h5-11H,4,12-13H2,1-3H3,(H2,18,19,20). The lowest BCUT2D eigenvalue weighted by Crippen LogP contribution is -2.36. The highest BCUT2D eigenvalue weighted by molar-refractivity contribution is 7.09. The van der Waals surface area contributed by atoms with Gasteiger partial charge in [0, 0.05) is 31.2 Å². The Kier molecular flexibility index (Phi) is 6.27. The van der Waals surface area contributed by atoms with Crippen molar-refractivity contribution >= 4 is 23.0 Å². The number of rotatable bonds is 6. The Morgan fingerprint density at radius 1 is 1.18 bits per heavy atom. The van der Waals surface area contributed by atoms with Gasteiger partial charge in [-0.25, -0.2) is 4.99 Å². The second-order valence-corrected chi connectivity index (χ2v) is 6.22. The van der Waals surface area contributed by atoms with Gasteiger partial charge >= 0.3 is 0 Å². The summed E-state index contributed by atoms with van der Waals surface area (Å²) in [6.45, 7) is 4.41. The van der Waals surface area contributed by atoms with E-state index in [0.717, 1.165) is 19.0 Å². The normalized spacial score (nSPS) is 11.3. The Morgan fingerprint density at radius 2 is 2.05 bits per heavy atom. The lowest BCUT2D eigenvalue weighted by atomic mass is 10.2. The van der Waals surface area contributed by atoms with Crippen LogP contribution in [0.1, 0.15) is 17.4 Å². The summed E-state index contributed by atoms with van der Waals surface area (Å²) in [4.78, 5) is 8.07. The van der Waals surface area contributed by atoms with Gasteiger partial charge in [0.05, 0.1) is 13.1 Å². The predicted molar refractivity (Wildman–Crippen MR) is 96.7 cm³/mol. The van der Waals surface area contributed by atoms with Gasteiger partial charge in [0.2, 0.25) is 0 Å². The SMILES string of the molecule is CCNC(=NCc1cccc(N(C)C)c1)NCc1cccs1. The first kappa shape index (κ1) is 16.4. The van der Waals surface area contributed by atoms with Gasteiger partial charge in [-0.05, 0) is 36.1 Å². The van der Waals surface area contributed by atoms with Crippen LogP contribution in [0.3, 0.4) is 0 Å². The van der Waals surface area contributed by atoms with Crippen molar-refractivity contribution in [2.24, 2.45) is 4.99 Å². The van der Waals surface area contributed by atoms with Gasteiger partial charge in [-0.3, -0.25) is 0 Å². The highest BCUT2D eigenvalue weighted by Crippen LogP contribution is 2.14. The molecule has 22 heavy (non-hydrogen) atoms. The van der Waals surface area contributed by atoms with Crippen molar-refractivity contribution in [2.45, 2.75) is 20.0 Å². The van der Waals surface area contributed by atoms with Crippen LogP contribution in [0.4, 0.5) is 5.69 Å². The minimum atomic E-state index is 0.668. The summed E-state index contributed by atoms with van der Waals surface area (Å²) in [7, 11) is 4.10. The molecule has 0 unspecified atom stereocenters. The minimum absolute atomic E-state index is 0.668. The van der Waals surface area contributed by atoms with E-state index in [1.807, 2.05) is 0 Å². The van der Waals surface area contributed by atoms with Crippen LogP contribution >= 0.6 is 11.3 Å². The van der Waals surface area contributed by atoms with E-state index in [4.69, 9.17) is 0 Å². The topological polar surface area (TPSA) is 39.7 Å². The van der Waals surface area contributed by atoms with E-state index >= 15 is 0 Å². The van der Waals surface area contributed by atoms with Crippen molar-refractivity contribution in [1.82, 2.24) is 10.6 Å². The van der Waals surface area contributed by atoms with Gasteiger partial charge in [-0.15, -0.1) is 11.3 Å². The van der Waals surface area contributed by atoms with Crippen LogP contribution in [0.2, 0.25) is 0 Å². The summed E-state index contributed by atoms with van der Waals surface area (Å²) in [6, 6.07) is 12.7. The molecule has 0 bridgehead atoms. The molecule has 0 saturated carbocycles. The maximum atomic E-state index is 4.66. The van der Waals surface area contributed by atoms with E-state index in [0.29, 0.717) is 6.54 Å². The monoisotopic (exact) mass is 316 g/mol. The molecule has 2 rings (SSSR count). The average Bonchev–Trinajstić information content (AvgIpc) is 3.03. The Labute approximate surface area is 136 Å². The molecular weight excluding hydrogens is 292 g/mol. The molecule has 0 aliphatic heterocycles. The number of benzene rings is 1. The fourth-order valence-electron chi connectivity index (χ4n) is 2.03. The molecule has 0 fully saturated rings. The Balaban J connectivity index is 1.98. The summed E-state index contributed by atoms with van der Waals surface area (Å²) in [5.41, 5.74) is 2.41. The minimum Gasteiger partial charge on any atom is -0.378 e. The number of thiophene rings is 1. The molecule has 2 N–H and O–H groups in total. The molecule has 1 aromatic heterocycles. The van der Waals surface area contributed by atoms with Crippen molar-refractivity contribution in [3.8, 4) is 0 Å². The van der Waals surface area contributed by atoms with Gasteiger partial charge in [-0.2, -0.15) is 0 Å². The molecule has 0 aliphatic rings. The molecule has 1 aromatic carbocycles. The molecular formula is C17H24N4S. The Bertz CT molecular complexity index is 590. The Morgan fingerprint density at radius 3 is 2.73 bits per heavy atom. The third-order valence-electron chi connectivity index (χ3n) is 3.20. The summed E-state index contributed by atoms with van der Waals surface area (Å²) in [5.74, 6) is 0.853. The molecule has 0 spiro atoms. The van der Waals surface area contributed by atoms with E-state index in [1.54, 1.807) is 11.3 Å². The average molecular weight is 316 g/mol. The van der Waals surface area contributed by atoms with Gasteiger partial charge in [0.15, 0.2) is 5.96 Å². The number of hydrogen-bond acceptors (Lipinski definition) is 3. The van der Waals surface area contributed by atoms with Crippen molar-refractivity contribution in [3.05, 3.63) is 52.2 Å². The number of nitrogens with zero attached hydrogens (tertiary/aromatic N) is 2. The van der Waals surface area contributed by atoms with Crippen LogP contribution in [0.25, 0.3) is 0 Å². The molecule has 0 aliphatic carbocycles. The van der Waals surface area contributed by atoms with Crippen molar-refractivity contribution < 1.29 is 0 Å². The van der Waals surface area contributed by atoms with Crippen molar-refractivity contribution in [2.75, 3.05) is 25.5 Å². The lowest BCUT2D eigenvalue weighted by molar-refractivity contribution is 0.823. The van der Waals surface area contributed by atoms with Crippen LogP contribution in [-0.2, 0) is 13.1 Å². The molecule has 0 amide bonds. The molecule has 118 valence electrons. The molecule has 4 nitrogen and oxygen atoms in total. The molecule has 0 saturated heterocycles. The fraction of sp³-hybridized carbons (Fsp3) is 0.353. The van der Waals surface area contributed by atoms with Crippen LogP contribution < -0.4 is 15.5 Å². The number of nitrogens with one attached hydrogen (secondary N) is 2. The molecule has 2 aromatic rings. The number of anilines is 1. The van der Waals surface area contributed by atoms with E-state index in [9.17, 15) is 0 Å². The molecule has 1 heterocycles. The quantitative estimate of drug-likeness (QED) is 0.635. The fourth-order valence-corrected chi connectivity index (χ4v) is 2.67. The molecule has 0 atom stereocenters. The summed E-state index contributed by atoms with van der Waals surface area (Å²) in [6.07, 6.45) is 0. The third-order valence-corrected chi connectivity index (χ3v) is 4.08. The Hall–Kier alpha value is -2.01. The maximum Gasteiger partial charge on any atom is 0.191 e. The first-order valence-electron chi connectivity index (χ1n) is 7.50. The van der Waals surface area contributed by atoms with Crippen molar-refractivity contribution in [1.29, 1.82) is 0 Å². The molecule has 0 radical (unpaired) electrons. The predicted octanol–water partition coefficient (Wildman–Crippen LogP) is 3.07. The summed E-state index contributed by atoms with van der Waals surface area (Å²) >= 11 is 1.75. The van der Waals surface area contributed by atoms with Crippen LogP contribution in [0.15, 0.2) is 46.8 Å². The van der Waals surface area contributed by atoms with E-state index < -0.39 is 0 Å². The zero-order valence-corrected chi connectivity index (χ0v) is 14.3. The zero-order chi connectivity index (χ0) is 15.8. The number of guanidine groups is 1. The van der Waals surface area contributed by atoms with Gasteiger partial charge in [-0.1, -0.05) is 18.2 Å². The van der Waals surface area contributed by atoms with E-state index in [-0.39, 0.29) is 0 Å². The van der Waals surface area contributed by atoms with E-state index in [2.05, 4.69) is 83.3 Å². The largest absolute Gasteiger partial charge is 0.378 e. The highest BCUT2D eigenvalue weighted by atomic mass is 32.1. The van der Waals surface area contributed by atoms with Gasteiger partial charge < -0.3 is 15.5 Å². The van der Waals surface area contributed by atoms with Crippen molar-refractivity contribution in [3.63, 3.8) is 0 Å². The first-order valence-corrected chi connectivity index (χ1v) is 8.38. The summed E-state index contributed by atoms with van der Waals surface area (Å²) < 4.78 is 0. The first-order chi connectivity index (χ1) is 10.7. The van der Waals surface area contributed by atoms with Crippen LogP contribution in [0, 0.1) is 0 Å². The summed E-state index contributed by atoms with van der Waals surface area (Å²) in [5, 5.41) is 8.75. The van der Waals surface area contributed by atoms with Gasteiger partial charge in [0.1, 0.15) is 0 Å². The van der Waals surface area contributed by atoms with Crippen LogP contribution in [-0.4, -0.2) is 26.6 Å². The van der Waals surface area contributed by atoms with Crippen LogP contribution in [0.5, 0.6) is 0 Å². The number of hydrogen-bond donors (Lipinski definition) is 2. The highest BCUT2D eigenvalue weighted by Gasteiger charge is 2.00. The van der Waals surface area contributed by atoms with E-state index in [1.165, 1.54) is 16.1 Å². The zero-order valence-electron chi connectivity index (χ0n) is 13.5. The second-order valence-electron chi connectivity index (χ2n) is 5.19. The smallest absolute Gasteiger partial charge is 0.191 e. The molecule has 5 heteroatoms. The van der Waals surface area contributed by atoms with Gasteiger partial charge in [0.25, 0.3) is 0 Å². The third kappa shape index (κ3) is 5.07. The second kappa shape index (κ2) is 8.44. The lowest BCUT2D eigenvalue weighted by Gasteiger charge is -2.13.